The molecule has 1 saturated heterocycles. The zero-order chi connectivity index (χ0) is 8.39. The molecule has 1 aliphatic carbocycles. The maximum Gasteiger partial charge on any atom is 0.312 e. The molecule has 0 spiro atoms. The molecule has 2 rings (SSSR count). The van der Waals surface area contributed by atoms with E-state index in [1.54, 1.807) is 5.06 Å². The van der Waals surface area contributed by atoms with E-state index in [1.807, 2.05) is 0 Å². The van der Waals surface area contributed by atoms with E-state index >= 15 is 0 Å². The molecule has 1 saturated carbocycles. The van der Waals surface area contributed by atoms with Crippen LogP contribution in [0.15, 0.2) is 0 Å². The molecule has 0 bridgehead atoms. The number of piperazine rings is 1. The summed E-state index contributed by atoms with van der Waals surface area (Å²) in [6.07, 6.45) is 2.71. The van der Waals surface area contributed by atoms with Crippen LogP contribution >= 0.6 is 0 Å². The highest BCUT2D eigenvalue weighted by Gasteiger charge is 2.31. The van der Waals surface area contributed by atoms with Crippen LogP contribution in [0, 0.1) is 0 Å². The fourth-order valence-corrected chi connectivity index (χ4v) is 1.67. The van der Waals surface area contributed by atoms with Gasteiger partial charge in [-0.3, -0.25) is 9.69 Å². The SMILES string of the molecule is O=CON1CCN(C2CC2)CC1. The predicted octanol–water partition coefficient (Wildman–Crippen LogP) is -0.146. The Morgan fingerprint density at radius 3 is 2.33 bits per heavy atom. The molecule has 0 amide bonds. The summed E-state index contributed by atoms with van der Waals surface area (Å²) in [5.74, 6) is 0. The maximum absolute atomic E-state index is 10.0. The second-order valence-electron chi connectivity index (χ2n) is 3.40. The van der Waals surface area contributed by atoms with E-state index in [9.17, 15) is 4.79 Å². The van der Waals surface area contributed by atoms with Gasteiger partial charge in [0.05, 0.1) is 0 Å². The van der Waals surface area contributed by atoms with Gasteiger partial charge >= 0.3 is 6.47 Å². The van der Waals surface area contributed by atoms with E-state index in [0.717, 1.165) is 32.2 Å². The third-order valence-electron chi connectivity index (χ3n) is 2.53. The van der Waals surface area contributed by atoms with Crippen LogP contribution in [0.4, 0.5) is 0 Å². The van der Waals surface area contributed by atoms with Crippen molar-refractivity contribution in [3.8, 4) is 0 Å². The standard InChI is InChI=1S/C8H14N2O2/c11-7-12-10-5-3-9(4-6-10)8-1-2-8/h7-8H,1-6H2. The normalized spacial score (nSPS) is 27.0. The molecule has 0 aromatic rings. The molecule has 12 heavy (non-hydrogen) atoms. The summed E-state index contributed by atoms with van der Waals surface area (Å²) in [5, 5.41) is 1.73. The Bertz CT molecular complexity index is 162. The molecule has 4 nitrogen and oxygen atoms in total. The quantitative estimate of drug-likeness (QED) is 0.552. The van der Waals surface area contributed by atoms with Gasteiger partial charge in [0.25, 0.3) is 0 Å². The molecule has 2 fully saturated rings. The highest BCUT2D eigenvalue weighted by atomic mass is 16.7. The van der Waals surface area contributed by atoms with Gasteiger partial charge in [-0.05, 0) is 12.8 Å². The average Bonchev–Trinajstić information content (AvgIpc) is 2.89. The van der Waals surface area contributed by atoms with Crippen LogP contribution in [0.3, 0.4) is 0 Å². The van der Waals surface area contributed by atoms with Gasteiger partial charge in [-0.25, -0.2) is 0 Å². The third kappa shape index (κ3) is 1.76. The molecule has 0 aromatic heterocycles. The van der Waals surface area contributed by atoms with Crippen molar-refractivity contribution >= 4 is 6.47 Å². The lowest BCUT2D eigenvalue weighted by Crippen LogP contribution is -2.46. The Labute approximate surface area is 72.0 Å². The van der Waals surface area contributed by atoms with Crippen molar-refractivity contribution in [2.75, 3.05) is 26.2 Å². The lowest BCUT2D eigenvalue weighted by atomic mass is 10.3. The highest BCUT2D eigenvalue weighted by molar-refractivity contribution is 5.36. The second-order valence-corrected chi connectivity index (χ2v) is 3.40. The molecular formula is C8H14N2O2. The fourth-order valence-electron chi connectivity index (χ4n) is 1.67. The number of carbonyl (C=O) groups excluding carboxylic acids is 1. The average molecular weight is 170 g/mol. The summed E-state index contributed by atoms with van der Waals surface area (Å²) >= 11 is 0. The van der Waals surface area contributed by atoms with Gasteiger partial charge in [-0.15, -0.1) is 5.06 Å². The number of rotatable bonds is 3. The first-order chi connectivity index (χ1) is 5.90. The minimum atomic E-state index is 0.507. The smallest absolute Gasteiger partial charge is 0.312 e. The van der Waals surface area contributed by atoms with Crippen molar-refractivity contribution in [3.63, 3.8) is 0 Å². The highest BCUT2D eigenvalue weighted by Crippen LogP contribution is 2.27. The van der Waals surface area contributed by atoms with Gasteiger partial charge in [0.15, 0.2) is 0 Å². The van der Waals surface area contributed by atoms with Crippen LogP contribution in [0.25, 0.3) is 0 Å². The van der Waals surface area contributed by atoms with Gasteiger partial charge in [0, 0.05) is 32.2 Å². The van der Waals surface area contributed by atoms with Crippen LogP contribution < -0.4 is 0 Å². The summed E-state index contributed by atoms with van der Waals surface area (Å²) < 4.78 is 0. The van der Waals surface area contributed by atoms with Gasteiger partial charge in [-0.2, -0.15) is 0 Å². The molecule has 68 valence electrons. The van der Waals surface area contributed by atoms with Gasteiger partial charge in [0.1, 0.15) is 0 Å². The molecule has 0 unspecified atom stereocenters. The minimum absolute atomic E-state index is 0.507. The molecule has 4 heteroatoms. The monoisotopic (exact) mass is 170 g/mol. The largest absolute Gasteiger partial charge is 0.371 e. The molecule has 0 aromatic carbocycles. The molecule has 0 radical (unpaired) electrons. The van der Waals surface area contributed by atoms with Gasteiger partial charge in [0.2, 0.25) is 0 Å². The number of hydrogen-bond acceptors (Lipinski definition) is 4. The molecule has 1 aliphatic heterocycles. The topological polar surface area (TPSA) is 32.8 Å². The lowest BCUT2D eigenvalue weighted by Gasteiger charge is -2.32. The lowest BCUT2D eigenvalue weighted by molar-refractivity contribution is -0.181. The third-order valence-corrected chi connectivity index (χ3v) is 2.53. The fraction of sp³-hybridized carbons (Fsp3) is 0.875. The van der Waals surface area contributed by atoms with Crippen molar-refractivity contribution in [2.24, 2.45) is 0 Å². The van der Waals surface area contributed by atoms with Crippen molar-refractivity contribution in [3.05, 3.63) is 0 Å². The van der Waals surface area contributed by atoms with Gasteiger partial charge in [-0.1, -0.05) is 0 Å². The predicted molar refractivity (Wildman–Crippen MR) is 43.3 cm³/mol. The summed E-state index contributed by atoms with van der Waals surface area (Å²) in [6.45, 7) is 4.30. The van der Waals surface area contributed by atoms with Crippen molar-refractivity contribution in [1.29, 1.82) is 0 Å². The van der Waals surface area contributed by atoms with Crippen molar-refractivity contribution < 1.29 is 9.63 Å². The Kier molecular flexibility index (Phi) is 2.28. The first-order valence-corrected chi connectivity index (χ1v) is 4.49. The number of carbonyl (C=O) groups is 1. The number of hydrogen-bond donors (Lipinski definition) is 0. The van der Waals surface area contributed by atoms with Crippen LogP contribution in [0.1, 0.15) is 12.8 Å². The number of nitrogens with zero attached hydrogens (tertiary/aromatic N) is 2. The van der Waals surface area contributed by atoms with E-state index in [1.165, 1.54) is 12.8 Å². The van der Waals surface area contributed by atoms with E-state index in [2.05, 4.69) is 4.90 Å². The molecular weight excluding hydrogens is 156 g/mol. The summed E-state index contributed by atoms with van der Waals surface area (Å²) in [7, 11) is 0. The van der Waals surface area contributed by atoms with E-state index < -0.39 is 0 Å². The number of hydroxylamine groups is 2. The van der Waals surface area contributed by atoms with Crippen molar-refractivity contribution in [2.45, 2.75) is 18.9 Å². The first-order valence-electron chi connectivity index (χ1n) is 4.49. The maximum atomic E-state index is 10.0. The zero-order valence-electron chi connectivity index (χ0n) is 7.11. The van der Waals surface area contributed by atoms with Crippen LogP contribution in [-0.4, -0.2) is 48.7 Å². The molecule has 1 heterocycles. The van der Waals surface area contributed by atoms with Crippen LogP contribution in [0.5, 0.6) is 0 Å². The van der Waals surface area contributed by atoms with Crippen LogP contribution in [-0.2, 0) is 9.63 Å². The van der Waals surface area contributed by atoms with Crippen LogP contribution in [0.2, 0.25) is 0 Å². The van der Waals surface area contributed by atoms with E-state index in [-0.39, 0.29) is 0 Å². The summed E-state index contributed by atoms with van der Waals surface area (Å²) in [4.78, 5) is 17.3. The summed E-state index contributed by atoms with van der Waals surface area (Å²) in [5.41, 5.74) is 0. The Morgan fingerprint density at radius 2 is 1.83 bits per heavy atom. The zero-order valence-corrected chi connectivity index (χ0v) is 7.11. The second kappa shape index (κ2) is 3.41. The Morgan fingerprint density at radius 1 is 1.17 bits per heavy atom. The molecule has 0 N–H and O–H groups in total. The van der Waals surface area contributed by atoms with E-state index in [4.69, 9.17) is 4.84 Å². The molecule has 2 aliphatic rings. The summed E-state index contributed by atoms with van der Waals surface area (Å²) in [6, 6.07) is 0.836. The Balaban J connectivity index is 1.72. The van der Waals surface area contributed by atoms with Gasteiger partial charge < -0.3 is 4.84 Å². The van der Waals surface area contributed by atoms with E-state index in [0.29, 0.717) is 6.47 Å². The van der Waals surface area contributed by atoms with Crippen molar-refractivity contribution in [1.82, 2.24) is 9.96 Å². The first kappa shape index (κ1) is 8.01. The minimum Gasteiger partial charge on any atom is -0.371 e. The molecule has 0 atom stereocenters. The Hall–Kier alpha value is -0.610.